The summed E-state index contributed by atoms with van der Waals surface area (Å²) in [6, 6.07) is 11.3. The molecular weight excluding hydrogens is 647 g/mol. The first kappa shape index (κ1) is 34.2. The van der Waals surface area contributed by atoms with Crippen molar-refractivity contribution in [3.8, 4) is 11.8 Å². The Morgan fingerprint density at radius 3 is 2.57 bits per heavy atom. The minimum Gasteiger partial charge on any atom is -0.497 e. The van der Waals surface area contributed by atoms with Crippen molar-refractivity contribution >= 4 is 28.4 Å². The average molecular weight is 701 g/mol. The zero-order valence-electron chi connectivity index (χ0n) is 30.9. The molecule has 4 atom stereocenters. The van der Waals surface area contributed by atoms with Crippen LogP contribution in [0.4, 0.5) is 20.7 Å². The van der Waals surface area contributed by atoms with Gasteiger partial charge in [0.05, 0.1) is 37.0 Å². The summed E-state index contributed by atoms with van der Waals surface area (Å²) < 4.78 is 32.2. The van der Waals surface area contributed by atoms with Crippen LogP contribution in [0.2, 0.25) is 0 Å². The van der Waals surface area contributed by atoms with E-state index < -0.39 is 5.60 Å². The van der Waals surface area contributed by atoms with E-state index in [4.69, 9.17) is 24.2 Å². The number of alkyl halides is 1. The summed E-state index contributed by atoms with van der Waals surface area (Å²) in [5.74, 6) is 1.76. The smallest absolute Gasteiger partial charge is 0.410 e. The fraction of sp³-hybridized carbons (Fsp3) is 0.625. The van der Waals surface area contributed by atoms with Crippen LogP contribution in [0.25, 0.3) is 10.8 Å². The maximum Gasteiger partial charge on any atom is 0.410 e. The summed E-state index contributed by atoms with van der Waals surface area (Å²) in [7, 11) is 1.73. The van der Waals surface area contributed by atoms with Gasteiger partial charge in [0.1, 0.15) is 30.4 Å². The highest BCUT2D eigenvalue weighted by Crippen LogP contribution is 2.44. The molecule has 5 aliphatic heterocycles. The van der Waals surface area contributed by atoms with Gasteiger partial charge in [-0.1, -0.05) is 25.1 Å². The van der Waals surface area contributed by atoms with Gasteiger partial charge in [0.25, 0.3) is 0 Å². The highest BCUT2D eigenvalue weighted by Gasteiger charge is 2.50. The molecule has 4 fully saturated rings. The second kappa shape index (κ2) is 13.3. The van der Waals surface area contributed by atoms with Crippen LogP contribution < -0.4 is 19.3 Å². The number of hydrogen-bond donors (Lipinski definition) is 0. The number of ether oxygens (including phenoxy) is 3. The highest BCUT2D eigenvalue weighted by atomic mass is 19.1. The predicted octanol–water partition coefficient (Wildman–Crippen LogP) is 6.70. The van der Waals surface area contributed by atoms with Crippen LogP contribution >= 0.6 is 0 Å². The van der Waals surface area contributed by atoms with Crippen LogP contribution in [-0.2, 0) is 24.1 Å². The molecule has 0 spiro atoms. The summed E-state index contributed by atoms with van der Waals surface area (Å²) in [6.45, 7) is 11.9. The molecule has 0 radical (unpaired) electrons. The first-order valence-electron chi connectivity index (χ1n) is 19.1. The van der Waals surface area contributed by atoms with Crippen molar-refractivity contribution in [2.24, 2.45) is 0 Å². The SMILES string of the molecule is CCc1cccc2cc(OC)cc(N3CCc4c(nc(OCC56CCCN5C(CF)CC6)nc4N4CC5CCC(C4)N5C(=O)OC(C)(C)C)C3)c12. The number of anilines is 2. The standard InChI is InChI=1S/C40H53FN6O4/c1-6-26-9-7-10-27-19-31(49-5)20-34(35(26)27)44-18-14-32-33(24-44)42-37(50-25-40-15-8-17-46(40)28(21-41)13-16-40)43-36(32)45-22-29-11-12-30(23-45)47(29)38(48)51-39(2,3)4/h7,9-10,19-20,28-30H,6,8,11-18,21-25H2,1-5H3. The zero-order valence-corrected chi connectivity index (χ0v) is 30.9. The number of methoxy groups -OCH3 is 1. The fourth-order valence-corrected chi connectivity index (χ4v) is 9.70. The number of aryl methyl sites for hydroxylation is 1. The van der Waals surface area contributed by atoms with Gasteiger partial charge in [0, 0.05) is 48.4 Å². The van der Waals surface area contributed by atoms with E-state index in [1.165, 1.54) is 16.3 Å². The number of piperazine rings is 1. The Hall–Kier alpha value is -3.86. The number of aromatic nitrogens is 2. The van der Waals surface area contributed by atoms with Crippen molar-refractivity contribution in [3.05, 3.63) is 47.2 Å². The number of amides is 1. The first-order valence-corrected chi connectivity index (χ1v) is 19.1. The molecule has 8 rings (SSSR count). The Morgan fingerprint density at radius 1 is 1.04 bits per heavy atom. The summed E-state index contributed by atoms with van der Waals surface area (Å²) in [6.07, 6.45) is 7.26. The molecule has 11 heteroatoms. The monoisotopic (exact) mass is 700 g/mol. The fourth-order valence-electron chi connectivity index (χ4n) is 9.70. The topological polar surface area (TPSA) is 83.5 Å². The van der Waals surface area contributed by atoms with Gasteiger partial charge < -0.3 is 24.0 Å². The van der Waals surface area contributed by atoms with Gasteiger partial charge >= 0.3 is 12.1 Å². The van der Waals surface area contributed by atoms with E-state index in [0.717, 1.165) is 93.0 Å². The lowest BCUT2D eigenvalue weighted by atomic mass is 9.95. The van der Waals surface area contributed by atoms with E-state index in [1.807, 2.05) is 25.7 Å². The van der Waals surface area contributed by atoms with Crippen molar-refractivity contribution < 1.29 is 23.4 Å². The molecule has 10 nitrogen and oxygen atoms in total. The second-order valence-corrected chi connectivity index (χ2v) is 16.3. The molecule has 5 aliphatic rings. The Labute approximate surface area is 301 Å². The molecule has 3 aromatic rings. The average Bonchev–Trinajstić information content (AvgIpc) is 3.77. The third-order valence-electron chi connectivity index (χ3n) is 12.1. The number of carbonyl (C=O) groups excluding carboxylic acids is 1. The first-order chi connectivity index (χ1) is 24.6. The number of halogens is 1. The van der Waals surface area contributed by atoms with E-state index in [1.54, 1.807) is 7.11 Å². The Kier molecular flexibility index (Phi) is 8.92. The summed E-state index contributed by atoms with van der Waals surface area (Å²) >= 11 is 0. The Morgan fingerprint density at radius 2 is 1.84 bits per heavy atom. The maximum absolute atomic E-state index is 14.0. The van der Waals surface area contributed by atoms with Gasteiger partial charge in [0.15, 0.2) is 0 Å². The molecule has 0 N–H and O–H groups in total. The normalized spacial score (nSPS) is 26.1. The van der Waals surface area contributed by atoms with E-state index >= 15 is 0 Å². The van der Waals surface area contributed by atoms with Crippen LogP contribution in [0.3, 0.4) is 0 Å². The number of hydrogen-bond acceptors (Lipinski definition) is 9. The van der Waals surface area contributed by atoms with Gasteiger partial charge in [0.2, 0.25) is 0 Å². The molecule has 274 valence electrons. The predicted molar refractivity (Wildman–Crippen MR) is 197 cm³/mol. The van der Waals surface area contributed by atoms with Gasteiger partial charge in [-0.25, -0.2) is 9.18 Å². The number of rotatable bonds is 8. The quantitative estimate of drug-likeness (QED) is 0.255. The third-order valence-corrected chi connectivity index (χ3v) is 12.1. The van der Waals surface area contributed by atoms with Crippen LogP contribution in [0, 0.1) is 0 Å². The Balaban J connectivity index is 1.13. The minimum atomic E-state index is -0.540. The third kappa shape index (κ3) is 6.23. The lowest BCUT2D eigenvalue weighted by Gasteiger charge is -2.43. The van der Waals surface area contributed by atoms with Crippen molar-refractivity contribution in [1.29, 1.82) is 0 Å². The van der Waals surface area contributed by atoms with Gasteiger partial charge in [-0.3, -0.25) is 9.80 Å². The molecule has 0 saturated carbocycles. The van der Waals surface area contributed by atoms with Crippen LogP contribution in [0.5, 0.6) is 11.8 Å². The van der Waals surface area contributed by atoms with Crippen molar-refractivity contribution in [2.75, 3.05) is 56.4 Å². The van der Waals surface area contributed by atoms with Gasteiger partial charge in [-0.15, -0.1) is 0 Å². The summed E-state index contributed by atoms with van der Waals surface area (Å²) in [4.78, 5) is 32.8. The maximum atomic E-state index is 14.0. The van der Waals surface area contributed by atoms with Crippen LogP contribution in [0.15, 0.2) is 30.3 Å². The van der Waals surface area contributed by atoms with E-state index in [9.17, 15) is 9.18 Å². The summed E-state index contributed by atoms with van der Waals surface area (Å²) in [5.41, 5.74) is 3.90. The molecule has 1 aromatic heterocycles. The highest BCUT2D eigenvalue weighted by molar-refractivity contribution is 5.98. The van der Waals surface area contributed by atoms with E-state index in [2.05, 4.69) is 52.0 Å². The van der Waals surface area contributed by atoms with Crippen molar-refractivity contribution in [3.63, 3.8) is 0 Å². The summed E-state index contributed by atoms with van der Waals surface area (Å²) in [5, 5.41) is 2.43. The number of carbonyl (C=O) groups is 1. The zero-order chi connectivity index (χ0) is 35.5. The molecule has 51 heavy (non-hydrogen) atoms. The molecule has 4 saturated heterocycles. The van der Waals surface area contributed by atoms with Crippen LogP contribution in [0.1, 0.15) is 83.0 Å². The molecule has 6 heterocycles. The number of fused-ring (bicyclic) bond motifs is 5. The van der Waals surface area contributed by atoms with E-state index in [-0.39, 0.29) is 36.4 Å². The Bertz CT molecular complexity index is 1780. The lowest BCUT2D eigenvalue weighted by molar-refractivity contribution is 0.0122. The number of nitrogens with zero attached hydrogens (tertiary/aromatic N) is 6. The molecular formula is C40H53FN6O4. The molecule has 0 aliphatic carbocycles. The number of benzene rings is 2. The largest absolute Gasteiger partial charge is 0.497 e. The molecule has 1 amide bonds. The van der Waals surface area contributed by atoms with Gasteiger partial charge in [-0.2, -0.15) is 9.97 Å². The van der Waals surface area contributed by atoms with E-state index in [0.29, 0.717) is 32.3 Å². The molecule has 2 aromatic carbocycles. The van der Waals surface area contributed by atoms with Crippen molar-refractivity contribution in [1.82, 2.24) is 19.8 Å². The van der Waals surface area contributed by atoms with Crippen molar-refractivity contribution in [2.45, 2.75) is 115 Å². The van der Waals surface area contributed by atoms with Gasteiger partial charge in [-0.05, 0) is 95.7 Å². The lowest BCUT2D eigenvalue weighted by Crippen LogP contribution is -2.57. The second-order valence-electron chi connectivity index (χ2n) is 16.3. The molecule has 2 bridgehead atoms. The molecule has 4 unspecified atom stereocenters. The van der Waals surface area contributed by atoms with Crippen LogP contribution in [-0.4, -0.2) is 102 Å². The minimum absolute atomic E-state index is 0.0212.